The molecular formula is C26H20F4N2O3S. The molecule has 5 rings (SSSR count). The second kappa shape index (κ2) is 9.09. The highest BCUT2D eigenvalue weighted by atomic mass is 32.1. The van der Waals surface area contributed by atoms with Crippen LogP contribution in [0.5, 0.6) is 0 Å². The highest BCUT2D eigenvalue weighted by Gasteiger charge is 2.33. The molecule has 0 saturated heterocycles. The Labute approximate surface area is 207 Å². The maximum Gasteiger partial charge on any atom is 0.425 e. The number of carbonyl (C=O) groups is 2. The zero-order chi connectivity index (χ0) is 25.6. The summed E-state index contributed by atoms with van der Waals surface area (Å²) >= 11 is 0.625. The summed E-state index contributed by atoms with van der Waals surface area (Å²) in [4.78, 5) is 25.5. The van der Waals surface area contributed by atoms with E-state index in [0.29, 0.717) is 51.3 Å². The summed E-state index contributed by atoms with van der Waals surface area (Å²) in [7, 11) is 0. The molecule has 0 bridgehead atoms. The minimum Gasteiger partial charge on any atom is -0.478 e. The Morgan fingerprint density at radius 2 is 1.78 bits per heavy atom. The van der Waals surface area contributed by atoms with E-state index >= 15 is 0 Å². The van der Waals surface area contributed by atoms with Crippen LogP contribution in [0.25, 0.3) is 10.9 Å². The van der Waals surface area contributed by atoms with Crippen molar-refractivity contribution in [3.63, 3.8) is 0 Å². The zero-order valence-corrected chi connectivity index (χ0v) is 19.6. The molecule has 1 N–H and O–H groups in total. The topological polar surface area (TPSA) is 62.5 Å². The summed E-state index contributed by atoms with van der Waals surface area (Å²) in [5.74, 6) is -1.69. The lowest BCUT2D eigenvalue weighted by Gasteiger charge is -2.29. The molecular weight excluding hydrogens is 496 g/mol. The van der Waals surface area contributed by atoms with Crippen LogP contribution in [-0.4, -0.2) is 33.0 Å². The van der Waals surface area contributed by atoms with E-state index in [4.69, 9.17) is 5.11 Å². The standard InChI is InChI=1S/C26H20F4N2O3S/c27-20-3-1-2-19-18-10-11-31(23(33)12-15-4-6-16(7-5-15)25(34)35)14-21(18)32(24(19)20)13-17-8-9-22(36-17)26(28,29)30/h1-9H,10-14H2,(H,34,35). The van der Waals surface area contributed by atoms with Crippen molar-refractivity contribution in [2.45, 2.75) is 32.1 Å². The summed E-state index contributed by atoms with van der Waals surface area (Å²) in [6.45, 7) is 0.686. The highest BCUT2D eigenvalue weighted by Crippen LogP contribution is 2.37. The van der Waals surface area contributed by atoms with Gasteiger partial charge in [0.2, 0.25) is 5.91 Å². The van der Waals surface area contributed by atoms with E-state index < -0.39 is 22.8 Å². The Kier molecular flexibility index (Phi) is 6.07. The van der Waals surface area contributed by atoms with Crippen LogP contribution in [0.3, 0.4) is 0 Å². The van der Waals surface area contributed by atoms with Crippen LogP contribution in [-0.2, 0) is 36.9 Å². The molecule has 0 atom stereocenters. The molecule has 0 saturated carbocycles. The number of carboxylic acid groups (broad SMARTS) is 1. The van der Waals surface area contributed by atoms with Gasteiger partial charge in [0.05, 0.1) is 30.6 Å². The average molecular weight is 517 g/mol. The lowest BCUT2D eigenvalue weighted by atomic mass is 10.0. The van der Waals surface area contributed by atoms with Crippen molar-refractivity contribution in [2.75, 3.05) is 6.54 Å². The number of hydrogen-bond acceptors (Lipinski definition) is 3. The Morgan fingerprint density at radius 1 is 1.03 bits per heavy atom. The fourth-order valence-corrected chi connectivity index (χ4v) is 5.53. The Bertz CT molecular complexity index is 1470. The van der Waals surface area contributed by atoms with Crippen molar-refractivity contribution in [2.24, 2.45) is 0 Å². The molecule has 1 amide bonds. The molecule has 36 heavy (non-hydrogen) atoms. The van der Waals surface area contributed by atoms with Crippen molar-refractivity contribution < 1.29 is 32.3 Å². The van der Waals surface area contributed by atoms with Gasteiger partial charge in [-0.25, -0.2) is 9.18 Å². The van der Waals surface area contributed by atoms with Gasteiger partial charge in [0.25, 0.3) is 0 Å². The van der Waals surface area contributed by atoms with Crippen LogP contribution >= 0.6 is 11.3 Å². The number of nitrogens with zero attached hydrogens (tertiary/aromatic N) is 2. The Morgan fingerprint density at radius 3 is 2.44 bits per heavy atom. The molecule has 3 heterocycles. The van der Waals surface area contributed by atoms with E-state index in [1.807, 2.05) is 0 Å². The second-order valence-corrected chi connectivity index (χ2v) is 9.82. The fraction of sp³-hybridized carbons (Fsp3) is 0.231. The maximum absolute atomic E-state index is 14.9. The van der Waals surface area contributed by atoms with Crippen LogP contribution < -0.4 is 0 Å². The Balaban J connectivity index is 1.45. The summed E-state index contributed by atoms with van der Waals surface area (Å²) in [5.41, 5.74) is 2.72. The number of carbonyl (C=O) groups excluding carboxylic acids is 1. The van der Waals surface area contributed by atoms with Crippen LogP contribution in [0, 0.1) is 5.82 Å². The number of aromatic carboxylic acids is 1. The SMILES string of the molecule is O=C(O)c1ccc(CC(=O)N2CCc3c(n(Cc4ccc(C(F)(F)F)s4)c4c(F)cccc34)C2)cc1. The lowest BCUT2D eigenvalue weighted by Crippen LogP contribution is -2.37. The number of benzene rings is 2. The molecule has 2 aromatic heterocycles. The van der Waals surface area contributed by atoms with Crippen molar-refractivity contribution >= 4 is 34.1 Å². The first kappa shape index (κ1) is 24.1. The minimum atomic E-state index is -4.45. The molecule has 0 aliphatic carbocycles. The molecule has 10 heteroatoms. The smallest absolute Gasteiger partial charge is 0.425 e. The molecule has 0 spiro atoms. The van der Waals surface area contributed by atoms with Crippen LogP contribution in [0.15, 0.2) is 54.6 Å². The van der Waals surface area contributed by atoms with E-state index in [1.165, 1.54) is 24.3 Å². The van der Waals surface area contributed by atoms with Crippen LogP contribution in [0.4, 0.5) is 17.6 Å². The van der Waals surface area contributed by atoms with Gasteiger partial charge in [0.15, 0.2) is 0 Å². The summed E-state index contributed by atoms with van der Waals surface area (Å²) in [5, 5.41) is 9.75. The Hall–Kier alpha value is -3.66. The quantitative estimate of drug-likeness (QED) is 0.345. The van der Waals surface area contributed by atoms with Crippen LogP contribution in [0.2, 0.25) is 0 Å². The van der Waals surface area contributed by atoms with E-state index in [2.05, 4.69) is 0 Å². The normalized spacial score (nSPS) is 13.7. The largest absolute Gasteiger partial charge is 0.478 e. The summed E-state index contributed by atoms with van der Waals surface area (Å²) < 4.78 is 56.0. The number of rotatable bonds is 5. The van der Waals surface area contributed by atoms with E-state index in [-0.39, 0.29) is 31.0 Å². The first-order valence-corrected chi connectivity index (χ1v) is 12.0. The molecule has 1 aliphatic heterocycles. The van der Waals surface area contributed by atoms with Gasteiger partial charge in [-0.3, -0.25) is 4.79 Å². The third kappa shape index (κ3) is 4.48. The molecule has 186 valence electrons. The van der Waals surface area contributed by atoms with Crippen molar-refractivity contribution in [3.8, 4) is 0 Å². The highest BCUT2D eigenvalue weighted by molar-refractivity contribution is 7.12. The van der Waals surface area contributed by atoms with Gasteiger partial charge in [-0.2, -0.15) is 13.2 Å². The average Bonchev–Trinajstić information content (AvgIpc) is 3.43. The fourth-order valence-electron chi connectivity index (χ4n) is 4.66. The van der Waals surface area contributed by atoms with Gasteiger partial charge in [-0.1, -0.05) is 24.3 Å². The molecule has 4 aromatic rings. The first-order chi connectivity index (χ1) is 17.1. The second-order valence-electron chi connectivity index (χ2n) is 8.66. The number of alkyl halides is 3. The molecule has 5 nitrogen and oxygen atoms in total. The van der Waals surface area contributed by atoms with Gasteiger partial charge in [-0.05, 0) is 47.9 Å². The number of amides is 1. The number of fused-ring (bicyclic) bond motifs is 3. The number of hydrogen-bond donors (Lipinski definition) is 1. The van der Waals surface area contributed by atoms with Gasteiger partial charge in [0, 0.05) is 22.5 Å². The van der Waals surface area contributed by atoms with Crippen LogP contribution in [0.1, 0.15) is 36.9 Å². The molecule has 1 aliphatic rings. The summed E-state index contributed by atoms with van der Waals surface area (Å²) in [6, 6.07) is 13.2. The predicted molar refractivity (Wildman–Crippen MR) is 127 cm³/mol. The predicted octanol–water partition coefficient (Wildman–Crippen LogP) is 5.73. The number of aromatic nitrogens is 1. The number of para-hydroxylation sites is 1. The number of thiophene rings is 1. The van der Waals surface area contributed by atoms with Gasteiger partial charge < -0.3 is 14.6 Å². The third-order valence-corrected chi connectivity index (χ3v) is 7.51. The van der Waals surface area contributed by atoms with Crippen molar-refractivity contribution in [3.05, 3.63) is 92.6 Å². The summed E-state index contributed by atoms with van der Waals surface area (Å²) in [6.07, 6.45) is -3.88. The molecule has 0 radical (unpaired) electrons. The monoisotopic (exact) mass is 516 g/mol. The van der Waals surface area contributed by atoms with Gasteiger partial charge in [0.1, 0.15) is 10.7 Å². The zero-order valence-electron chi connectivity index (χ0n) is 18.8. The lowest BCUT2D eigenvalue weighted by molar-refractivity contribution is -0.134. The first-order valence-electron chi connectivity index (χ1n) is 11.2. The van der Waals surface area contributed by atoms with E-state index in [9.17, 15) is 27.2 Å². The maximum atomic E-state index is 14.9. The number of halogens is 4. The molecule has 0 fully saturated rings. The minimum absolute atomic E-state index is 0.0617. The van der Waals surface area contributed by atoms with Crippen molar-refractivity contribution in [1.82, 2.24) is 9.47 Å². The molecule has 2 aromatic carbocycles. The van der Waals surface area contributed by atoms with E-state index in [0.717, 1.165) is 11.6 Å². The van der Waals surface area contributed by atoms with Gasteiger partial charge >= 0.3 is 12.1 Å². The van der Waals surface area contributed by atoms with E-state index in [1.54, 1.807) is 33.7 Å². The van der Waals surface area contributed by atoms with Crippen molar-refractivity contribution in [1.29, 1.82) is 0 Å². The number of carboxylic acids is 1. The third-order valence-electron chi connectivity index (χ3n) is 6.39. The van der Waals surface area contributed by atoms with Gasteiger partial charge in [-0.15, -0.1) is 11.3 Å². The molecule has 0 unspecified atom stereocenters.